The van der Waals surface area contributed by atoms with Crippen molar-refractivity contribution < 1.29 is 21.6 Å². The molecule has 1 aliphatic heterocycles. The molecule has 0 unspecified atom stereocenters. The van der Waals surface area contributed by atoms with Crippen molar-refractivity contribution in [3.05, 3.63) is 65.1 Å². The lowest BCUT2D eigenvalue weighted by Gasteiger charge is -2.26. The van der Waals surface area contributed by atoms with Crippen LogP contribution in [0.1, 0.15) is 11.1 Å². The van der Waals surface area contributed by atoms with Gasteiger partial charge in [0, 0.05) is 18.8 Å². The van der Waals surface area contributed by atoms with Crippen molar-refractivity contribution in [1.29, 1.82) is 0 Å². The number of anilines is 1. The molecule has 7 nitrogen and oxygen atoms in total. The van der Waals surface area contributed by atoms with Crippen LogP contribution in [0.5, 0.6) is 0 Å². The van der Waals surface area contributed by atoms with Gasteiger partial charge in [-0.05, 0) is 42.8 Å². The molecule has 1 saturated heterocycles. The van der Waals surface area contributed by atoms with E-state index in [2.05, 4.69) is 4.72 Å². The Labute approximate surface area is 165 Å². The fourth-order valence-corrected chi connectivity index (χ4v) is 4.95. The van der Waals surface area contributed by atoms with Gasteiger partial charge in [0.2, 0.25) is 10.0 Å². The molecule has 1 fully saturated rings. The highest BCUT2D eigenvalue weighted by atomic mass is 32.2. The lowest BCUT2D eigenvalue weighted by molar-refractivity contribution is 0.0730. The monoisotopic (exact) mass is 422 g/mol. The van der Waals surface area contributed by atoms with Crippen LogP contribution in [-0.2, 0) is 24.8 Å². The molecule has 0 aromatic heterocycles. The molecule has 0 bridgehead atoms. The lowest BCUT2D eigenvalue weighted by Crippen LogP contribution is -2.40. The van der Waals surface area contributed by atoms with E-state index in [4.69, 9.17) is 4.74 Å². The molecule has 0 amide bonds. The van der Waals surface area contributed by atoms with Crippen LogP contribution < -0.4 is 4.72 Å². The molecule has 1 N–H and O–H groups in total. The van der Waals surface area contributed by atoms with Gasteiger partial charge in [-0.1, -0.05) is 29.8 Å². The minimum atomic E-state index is -3.72. The van der Waals surface area contributed by atoms with Crippen molar-refractivity contribution in [1.82, 2.24) is 4.31 Å². The van der Waals surface area contributed by atoms with Crippen molar-refractivity contribution in [2.45, 2.75) is 11.8 Å². The van der Waals surface area contributed by atoms with Gasteiger partial charge in [-0.3, -0.25) is 4.72 Å². The number of benzene rings is 2. The van der Waals surface area contributed by atoms with Gasteiger partial charge in [0.25, 0.3) is 10.0 Å². The molecular weight excluding hydrogens is 400 g/mol. The summed E-state index contributed by atoms with van der Waals surface area (Å²) < 4.78 is 58.6. The molecule has 2 aromatic carbocycles. The van der Waals surface area contributed by atoms with E-state index in [1.165, 1.54) is 34.6 Å². The molecule has 0 aliphatic carbocycles. The van der Waals surface area contributed by atoms with E-state index in [0.717, 1.165) is 16.5 Å². The number of nitrogens with zero attached hydrogens (tertiary/aromatic N) is 1. The van der Waals surface area contributed by atoms with Crippen molar-refractivity contribution in [3.8, 4) is 0 Å². The Hall–Kier alpha value is -2.20. The lowest BCUT2D eigenvalue weighted by atomic mass is 10.2. The molecule has 0 saturated carbocycles. The Kier molecular flexibility index (Phi) is 6.19. The third-order valence-electron chi connectivity index (χ3n) is 4.24. The fraction of sp³-hybridized carbons (Fsp3) is 0.263. The number of hydrogen-bond acceptors (Lipinski definition) is 5. The summed E-state index contributed by atoms with van der Waals surface area (Å²) in [6.07, 6.45) is 1.50. The molecule has 9 heteroatoms. The van der Waals surface area contributed by atoms with Crippen LogP contribution in [0.3, 0.4) is 0 Å². The maximum Gasteiger partial charge on any atom is 0.255 e. The number of ether oxygens (including phenoxy) is 1. The molecule has 2 aromatic rings. The zero-order valence-electron chi connectivity index (χ0n) is 15.4. The van der Waals surface area contributed by atoms with E-state index in [1.54, 1.807) is 0 Å². The van der Waals surface area contributed by atoms with Gasteiger partial charge in [-0.2, -0.15) is 4.31 Å². The summed E-state index contributed by atoms with van der Waals surface area (Å²) in [5.41, 5.74) is 2.14. The number of hydrogen-bond donors (Lipinski definition) is 1. The van der Waals surface area contributed by atoms with Gasteiger partial charge >= 0.3 is 0 Å². The van der Waals surface area contributed by atoms with Crippen LogP contribution in [0.2, 0.25) is 0 Å². The maximum absolute atomic E-state index is 12.6. The van der Waals surface area contributed by atoms with Gasteiger partial charge in [-0.15, -0.1) is 0 Å². The molecule has 0 radical (unpaired) electrons. The number of nitrogens with one attached hydrogen (secondary N) is 1. The second-order valence-electron chi connectivity index (χ2n) is 6.40. The molecule has 3 rings (SSSR count). The summed E-state index contributed by atoms with van der Waals surface area (Å²) >= 11 is 0. The van der Waals surface area contributed by atoms with Crippen molar-refractivity contribution in [2.24, 2.45) is 0 Å². The molecule has 1 aliphatic rings. The third-order valence-corrected chi connectivity index (χ3v) is 7.17. The van der Waals surface area contributed by atoms with Gasteiger partial charge in [0.1, 0.15) is 0 Å². The SMILES string of the molecule is Cc1ccc(/C=C/S(=O)(=O)Nc2ccc(S(=O)(=O)N3CCOCC3)cc2)cc1. The Bertz CT molecular complexity index is 1040. The van der Waals surface area contributed by atoms with E-state index in [9.17, 15) is 16.8 Å². The minimum absolute atomic E-state index is 0.118. The van der Waals surface area contributed by atoms with Crippen LogP contribution in [0.4, 0.5) is 5.69 Å². The summed E-state index contributed by atoms with van der Waals surface area (Å²) in [6, 6.07) is 13.1. The van der Waals surface area contributed by atoms with E-state index in [1.807, 2.05) is 31.2 Å². The fourth-order valence-electron chi connectivity index (χ4n) is 2.67. The second kappa shape index (κ2) is 8.44. The third kappa shape index (κ3) is 5.20. The van der Waals surface area contributed by atoms with Crippen LogP contribution in [0.15, 0.2) is 58.8 Å². The normalized spacial score (nSPS) is 16.3. The topological polar surface area (TPSA) is 92.8 Å². The number of morpholine rings is 1. The first-order chi connectivity index (χ1) is 13.3. The summed E-state index contributed by atoms with van der Waals surface area (Å²) in [6.45, 7) is 3.30. The first-order valence-electron chi connectivity index (χ1n) is 8.72. The van der Waals surface area contributed by atoms with Crippen molar-refractivity contribution in [2.75, 3.05) is 31.0 Å². The van der Waals surface area contributed by atoms with Crippen LogP contribution in [-0.4, -0.2) is 47.4 Å². The van der Waals surface area contributed by atoms with Gasteiger partial charge in [-0.25, -0.2) is 16.8 Å². The highest BCUT2D eigenvalue weighted by molar-refractivity contribution is 7.95. The van der Waals surface area contributed by atoms with Crippen molar-refractivity contribution >= 4 is 31.8 Å². The number of aryl methyl sites for hydroxylation is 1. The molecular formula is C19H22N2O5S2. The molecule has 0 atom stereocenters. The molecule has 150 valence electrons. The van der Waals surface area contributed by atoms with Gasteiger partial charge in [0.15, 0.2) is 0 Å². The standard InChI is InChI=1S/C19H22N2O5S2/c1-16-2-4-17(5-3-16)10-15-27(22,23)20-18-6-8-19(9-7-18)28(24,25)21-11-13-26-14-12-21/h2-10,15,20H,11-14H2,1H3/b15-10+. The average Bonchev–Trinajstić information content (AvgIpc) is 2.68. The van der Waals surface area contributed by atoms with E-state index >= 15 is 0 Å². The smallest absolute Gasteiger partial charge is 0.255 e. The van der Waals surface area contributed by atoms with Crippen LogP contribution in [0.25, 0.3) is 6.08 Å². The first kappa shape index (κ1) is 20.5. The van der Waals surface area contributed by atoms with E-state index in [-0.39, 0.29) is 10.6 Å². The number of sulfonamides is 2. The highest BCUT2D eigenvalue weighted by Gasteiger charge is 2.26. The average molecular weight is 423 g/mol. The zero-order valence-corrected chi connectivity index (χ0v) is 17.0. The Morgan fingerprint density at radius 2 is 1.54 bits per heavy atom. The molecule has 1 heterocycles. The minimum Gasteiger partial charge on any atom is -0.379 e. The van der Waals surface area contributed by atoms with Crippen LogP contribution >= 0.6 is 0 Å². The van der Waals surface area contributed by atoms with E-state index < -0.39 is 20.0 Å². The van der Waals surface area contributed by atoms with Crippen molar-refractivity contribution in [3.63, 3.8) is 0 Å². The predicted molar refractivity (Wildman–Crippen MR) is 109 cm³/mol. The van der Waals surface area contributed by atoms with Gasteiger partial charge < -0.3 is 4.74 Å². The largest absolute Gasteiger partial charge is 0.379 e. The molecule has 0 spiro atoms. The summed E-state index contributed by atoms with van der Waals surface area (Å²) in [5.74, 6) is 0. The van der Waals surface area contributed by atoms with Crippen LogP contribution in [0, 0.1) is 6.92 Å². The quantitative estimate of drug-likeness (QED) is 0.772. The van der Waals surface area contributed by atoms with E-state index in [0.29, 0.717) is 26.3 Å². The Balaban J connectivity index is 1.70. The second-order valence-corrected chi connectivity index (χ2v) is 9.91. The molecule has 28 heavy (non-hydrogen) atoms. The maximum atomic E-state index is 12.6. The number of rotatable bonds is 6. The summed E-state index contributed by atoms with van der Waals surface area (Å²) in [4.78, 5) is 0.118. The predicted octanol–water partition coefficient (Wildman–Crippen LogP) is 2.43. The first-order valence-corrected chi connectivity index (χ1v) is 11.7. The Morgan fingerprint density at radius 1 is 0.929 bits per heavy atom. The summed E-state index contributed by atoms with van der Waals surface area (Å²) in [5, 5.41) is 1.08. The summed E-state index contributed by atoms with van der Waals surface area (Å²) in [7, 11) is -7.33. The Morgan fingerprint density at radius 3 is 2.14 bits per heavy atom. The highest BCUT2D eigenvalue weighted by Crippen LogP contribution is 2.20. The van der Waals surface area contributed by atoms with Gasteiger partial charge in [0.05, 0.1) is 23.5 Å². The zero-order chi connectivity index (χ0) is 20.2.